The fraction of sp³-hybridized carbons (Fsp3) is 0.500. The molecule has 2 aromatic heterocycles. The van der Waals surface area contributed by atoms with E-state index in [9.17, 15) is 13.2 Å². The van der Waals surface area contributed by atoms with Gasteiger partial charge in [-0.15, -0.1) is 0 Å². The van der Waals surface area contributed by atoms with Gasteiger partial charge in [0.05, 0.1) is 53.1 Å². The number of rotatable bonds is 7. The van der Waals surface area contributed by atoms with E-state index >= 15 is 0 Å². The Morgan fingerprint density at radius 3 is 2.61 bits per heavy atom. The van der Waals surface area contributed by atoms with Gasteiger partial charge in [-0.25, -0.2) is 18.1 Å². The third kappa shape index (κ3) is 5.16. The summed E-state index contributed by atoms with van der Waals surface area (Å²) in [6.45, 7) is 8.40. The first-order chi connectivity index (χ1) is 17.3. The van der Waals surface area contributed by atoms with Gasteiger partial charge >= 0.3 is 0 Å². The molecule has 1 N–H and O–H groups in total. The zero-order valence-corrected chi connectivity index (χ0v) is 21.7. The normalized spacial score (nSPS) is 20.1. The number of aromatic nitrogens is 3. The number of ether oxygens (including phenoxy) is 1. The van der Waals surface area contributed by atoms with Gasteiger partial charge in [0.15, 0.2) is 15.5 Å². The van der Waals surface area contributed by atoms with Crippen LogP contribution in [0.2, 0.25) is 0 Å². The number of benzene rings is 1. The molecule has 1 atom stereocenters. The Morgan fingerprint density at radius 2 is 1.94 bits per heavy atom. The lowest BCUT2D eigenvalue weighted by atomic mass is 10.0. The Hall–Kier alpha value is -2.82. The van der Waals surface area contributed by atoms with Crippen molar-refractivity contribution in [1.82, 2.24) is 25.0 Å². The van der Waals surface area contributed by atoms with Gasteiger partial charge in [0, 0.05) is 31.7 Å². The number of sulfone groups is 1. The van der Waals surface area contributed by atoms with Gasteiger partial charge in [0.1, 0.15) is 0 Å². The van der Waals surface area contributed by atoms with E-state index in [2.05, 4.69) is 34.4 Å². The van der Waals surface area contributed by atoms with Gasteiger partial charge < -0.3 is 10.1 Å². The molecular weight excluding hydrogens is 478 g/mol. The highest BCUT2D eigenvalue weighted by atomic mass is 32.2. The van der Waals surface area contributed by atoms with E-state index in [1.54, 1.807) is 4.68 Å². The number of hydrogen-bond donors (Lipinski definition) is 1. The Balaban J connectivity index is 1.52. The molecule has 1 unspecified atom stereocenters. The Morgan fingerprint density at radius 1 is 1.19 bits per heavy atom. The summed E-state index contributed by atoms with van der Waals surface area (Å²) in [6.07, 6.45) is 1.43. The second-order valence-electron chi connectivity index (χ2n) is 9.60. The van der Waals surface area contributed by atoms with E-state index < -0.39 is 9.84 Å². The second-order valence-corrected chi connectivity index (χ2v) is 11.8. The van der Waals surface area contributed by atoms with Gasteiger partial charge in [-0.1, -0.05) is 31.2 Å². The molecule has 2 aliphatic rings. The first kappa shape index (κ1) is 24.9. The van der Waals surface area contributed by atoms with Gasteiger partial charge in [0.25, 0.3) is 5.91 Å². The van der Waals surface area contributed by atoms with Crippen molar-refractivity contribution in [3.05, 3.63) is 47.2 Å². The molecule has 0 saturated carbocycles. The Kier molecular flexibility index (Phi) is 7.09. The maximum Gasteiger partial charge on any atom is 0.252 e. The minimum Gasteiger partial charge on any atom is -0.379 e. The van der Waals surface area contributed by atoms with Crippen molar-refractivity contribution in [2.45, 2.75) is 32.7 Å². The van der Waals surface area contributed by atoms with Crippen molar-refractivity contribution in [3.63, 3.8) is 0 Å². The molecule has 0 radical (unpaired) electrons. The lowest BCUT2D eigenvalue weighted by Crippen LogP contribution is -2.41. The number of carbonyl (C=O) groups is 1. The van der Waals surface area contributed by atoms with Gasteiger partial charge in [-0.3, -0.25) is 9.69 Å². The summed E-state index contributed by atoms with van der Waals surface area (Å²) in [4.78, 5) is 20.6. The molecule has 1 aromatic carbocycles. The summed E-state index contributed by atoms with van der Waals surface area (Å²) in [6, 6.07) is 9.71. The van der Waals surface area contributed by atoms with Crippen LogP contribution in [-0.4, -0.2) is 84.9 Å². The largest absolute Gasteiger partial charge is 0.379 e. The fourth-order valence-corrected chi connectivity index (χ4v) is 6.71. The van der Waals surface area contributed by atoms with Crippen molar-refractivity contribution >= 4 is 26.8 Å². The molecule has 9 nitrogen and oxygen atoms in total. The topological polar surface area (TPSA) is 106 Å². The number of pyridine rings is 1. The van der Waals surface area contributed by atoms with Crippen molar-refractivity contribution in [3.8, 4) is 11.3 Å². The van der Waals surface area contributed by atoms with Crippen LogP contribution in [0.25, 0.3) is 22.3 Å². The predicted molar refractivity (Wildman–Crippen MR) is 139 cm³/mol. The minimum absolute atomic E-state index is 0.0431. The number of nitrogens with one attached hydrogen (secondary N) is 1. The molecule has 2 saturated heterocycles. The van der Waals surface area contributed by atoms with Gasteiger partial charge in [-0.2, -0.15) is 5.10 Å². The molecular formula is C26H33N5O4S. The molecule has 10 heteroatoms. The predicted octanol–water partition coefficient (Wildman–Crippen LogP) is 2.39. The van der Waals surface area contributed by atoms with Crippen LogP contribution in [0.5, 0.6) is 0 Å². The average molecular weight is 512 g/mol. The fourth-order valence-electron chi connectivity index (χ4n) is 5.02. The van der Waals surface area contributed by atoms with Crippen LogP contribution in [0.15, 0.2) is 30.3 Å². The molecule has 0 aliphatic carbocycles. The summed E-state index contributed by atoms with van der Waals surface area (Å²) in [5, 5.41) is 8.43. The van der Waals surface area contributed by atoms with Crippen molar-refractivity contribution in [1.29, 1.82) is 0 Å². The third-order valence-electron chi connectivity index (χ3n) is 7.11. The first-order valence-corrected chi connectivity index (χ1v) is 14.4. The van der Waals surface area contributed by atoms with Crippen LogP contribution in [0.3, 0.4) is 0 Å². The summed E-state index contributed by atoms with van der Waals surface area (Å²) in [7, 11) is -3.10. The molecule has 1 amide bonds. The van der Waals surface area contributed by atoms with E-state index in [-0.39, 0.29) is 23.5 Å². The van der Waals surface area contributed by atoms with Crippen LogP contribution < -0.4 is 5.32 Å². The molecule has 2 fully saturated rings. The molecule has 4 heterocycles. The zero-order valence-electron chi connectivity index (χ0n) is 20.9. The number of morpholine rings is 1. The van der Waals surface area contributed by atoms with E-state index in [0.717, 1.165) is 31.6 Å². The highest BCUT2D eigenvalue weighted by Crippen LogP contribution is 2.32. The number of amides is 1. The van der Waals surface area contributed by atoms with E-state index in [1.165, 1.54) is 5.56 Å². The quantitative estimate of drug-likeness (QED) is 0.519. The molecule has 36 heavy (non-hydrogen) atoms. The summed E-state index contributed by atoms with van der Waals surface area (Å²) in [5.74, 6) is 0.00997. The van der Waals surface area contributed by atoms with Crippen LogP contribution in [-0.2, 0) is 21.0 Å². The maximum atomic E-state index is 13.5. The van der Waals surface area contributed by atoms with Crippen LogP contribution in [0.4, 0.5) is 0 Å². The average Bonchev–Trinajstić information content (AvgIpc) is 3.42. The summed E-state index contributed by atoms with van der Waals surface area (Å²) >= 11 is 0. The summed E-state index contributed by atoms with van der Waals surface area (Å²) in [5.41, 5.74) is 4.54. The van der Waals surface area contributed by atoms with Crippen molar-refractivity contribution in [2.75, 3.05) is 50.9 Å². The third-order valence-corrected chi connectivity index (χ3v) is 8.86. The number of fused-ring (bicyclic) bond motifs is 1. The molecule has 0 spiro atoms. The zero-order chi connectivity index (χ0) is 25.3. The second kappa shape index (κ2) is 10.3. The molecule has 192 valence electrons. The minimum atomic E-state index is -3.10. The standard InChI is InChI=1S/C26H33N5O4S/c1-3-19-4-6-20(7-5-19)23-16-22(26(32)27-9-10-30-11-13-35-14-12-30)24-18(2)29-31(25(24)28-23)21-8-15-36(33,34)17-21/h4-7,16,21H,3,8-15,17H2,1-2H3,(H,27,32). The number of aryl methyl sites for hydroxylation is 2. The van der Waals surface area contributed by atoms with E-state index in [4.69, 9.17) is 9.72 Å². The Bertz CT molecular complexity index is 1360. The van der Waals surface area contributed by atoms with Crippen molar-refractivity contribution < 1.29 is 17.9 Å². The number of hydrogen-bond acceptors (Lipinski definition) is 7. The summed E-state index contributed by atoms with van der Waals surface area (Å²) < 4.78 is 31.5. The molecule has 3 aromatic rings. The SMILES string of the molecule is CCc1ccc(-c2cc(C(=O)NCCN3CCOCC3)c3c(C)nn(C4CCS(=O)(=O)C4)c3n2)cc1. The highest BCUT2D eigenvalue weighted by Gasteiger charge is 2.32. The monoisotopic (exact) mass is 511 g/mol. The van der Waals surface area contributed by atoms with Crippen LogP contribution in [0, 0.1) is 6.92 Å². The molecule has 2 aliphatic heterocycles. The van der Waals surface area contributed by atoms with Crippen LogP contribution in [0.1, 0.15) is 41.0 Å². The van der Waals surface area contributed by atoms with Crippen LogP contribution >= 0.6 is 0 Å². The first-order valence-electron chi connectivity index (χ1n) is 12.6. The molecule has 5 rings (SSSR count). The lowest BCUT2D eigenvalue weighted by Gasteiger charge is -2.26. The maximum absolute atomic E-state index is 13.5. The molecule has 0 bridgehead atoms. The van der Waals surface area contributed by atoms with E-state index in [0.29, 0.717) is 54.2 Å². The lowest BCUT2D eigenvalue weighted by molar-refractivity contribution is 0.0383. The number of carbonyl (C=O) groups excluding carboxylic acids is 1. The van der Waals surface area contributed by atoms with Gasteiger partial charge in [-0.05, 0) is 31.4 Å². The smallest absolute Gasteiger partial charge is 0.252 e. The van der Waals surface area contributed by atoms with Gasteiger partial charge in [0.2, 0.25) is 0 Å². The van der Waals surface area contributed by atoms with E-state index in [1.807, 2.05) is 25.1 Å². The highest BCUT2D eigenvalue weighted by molar-refractivity contribution is 7.91. The number of nitrogens with zero attached hydrogens (tertiary/aromatic N) is 4. The van der Waals surface area contributed by atoms with Crippen molar-refractivity contribution in [2.24, 2.45) is 0 Å². The Labute approximate surface area is 211 Å².